The number of nitrogens with one attached hydrogen (secondary N) is 1. The number of anilines is 1. The van der Waals surface area contributed by atoms with Crippen LogP contribution in [0.15, 0.2) is 42.5 Å². The van der Waals surface area contributed by atoms with Crippen LogP contribution >= 0.6 is 22.9 Å². The van der Waals surface area contributed by atoms with Crippen molar-refractivity contribution < 1.29 is 9.59 Å². The summed E-state index contributed by atoms with van der Waals surface area (Å²) in [5, 5.41) is 4.27. The number of rotatable bonds is 3. The summed E-state index contributed by atoms with van der Waals surface area (Å²) in [6.45, 7) is 2.91. The molecule has 1 aliphatic heterocycles. The number of carbonyl (C=O) groups excluding carboxylic acids is 2. The van der Waals surface area contributed by atoms with Crippen LogP contribution in [0, 0.1) is 12.8 Å². The monoisotopic (exact) mass is 413 g/mol. The van der Waals surface area contributed by atoms with Gasteiger partial charge in [-0.1, -0.05) is 35.9 Å². The molecule has 5 nitrogen and oxygen atoms in total. The van der Waals surface area contributed by atoms with Crippen LogP contribution in [0.1, 0.15) is 28.2 Å². The number of aromatic nitrogens is 1. The van der Waals surface area contributed by atoms with Crippen LogP contribution in [0.4, 0.5) is 5.82 Å². The van der Waals surface area contributed by atoms with E-state index < -0.39 is 0 Å². The number of aryl methyl sites for hydroxylation is 1. The fraction of sp³-hybridized carbons (Fsp3) is 0.286. The predicted octanol–water partition coefficient (Wildman–Crippen LogP) is 4.75. The number of benzene rings is 1. The second-order valence-corrected chi connectivity index (χ2v) is 8.42. The zero-order valence-corrected chi connectivity index (χ0v) is 17.0. The highest BCUT2D eigenvalue weighted by Crippen LogP contribution is 2.36. The SMILES string of the molecule is Cc1cccc(NC(=O)C2CCCN(C(=O)c3sc4ccccc4c3Cl)C2)n1. The van der Waals surface area contributed by atoms with Gasteiger partial charge >= 0.3 is 0 Å². The Hall–Kier alpha value is -2.44. The lowest BCUT2D eigenvalue weighted by molar-refractivity contribution is -0.121. The molecule has 2 amide bonds. The molecule has 1 atom stereocenters. The van der Waals surface area contributed by atoms with Crippen LogP contribution < -0.4 is 5.32 Å². The maximum Gasteiger partial charge on any atom is 0.265 e. The van der Waals surface area contributed by atoms with Crippen LogP contribution in [0.25, 0.3) is 10.1 Å². The molecule has 1 aromatic carbocycles. The molecule has 4 rings (SSSR count). The minimum absolute atomic E-state index is 0.0990. The van der Waals surface area contributed by atoms with Gasteiger partial charge in [-0.15, -0.1) is 11.3 Å². The van der Waals surface area contributed by atoms with Gasteiger partial charge in [-0.2, -0.15) is 0 Å². The van der Waals surface area contributed by atoms with Crippen molar-refractivity contribution >= 4 is 50.7 Å². The van der Waals surface area contributed by atoms with Crippen molar-refractivity contribution in [3.63, 3.8) is 0 Å². The lowest BCUT2D eigenvalue weighted by atomic mass is 9.97. The Morgan fingerprint density at radius 2 is 2.04 bits per heavy atom. The smallest absolute Gasteiger partial charge is 0.265 e. The second kappa shape index (κ2) is 7.89. The molecule has 1 fully saturated rings. The summed E-state index contributed by atoms with van der Waals surface area (Å²) >= 11 is 7.87. The van der Waals surface area contributed by atoms with Gasteiger partial charge in [-0.3, -0.25) is 9.59 Å². The lowest BCUT2D eigenvalue weighted by Crippen LogP contribution is -2.43. The van der Waals surface area contributed by atoms with Crippen molar-refractivity contribution in [3.8, 4) is 0 Å². The fourth-order valence-corrected chi connectivity index (χ4v) is 4.99. The van der Waals surface area contributed by atoms with E-state index in [-0.39, 0.29) is 17.7 Å². The van der Waals surface area contributed by atoms with E-state index in [4.69, 9.17) is 11.6 Å². The lowest BCUT2D eigenvalue weighted by Gasteiger charge is -2.31. The third-order valence-corrected chi connectivity index (χ3v) is 6.61. The molecule has 3 heterocycles. The molecule has 7 heteroatoms. The van der Waals surface area contributed by atoms with E-state index in [2.05, 4.69) is 10.3 Å². The van der Waals surface area contributed by atoms with Gasteiger partial charge in [0.1, 0.15) is 10.7 Å². The van der Waals surface area contributed by atoms with Crippen molar-refractivity contribution in [2.75, 3.05) is 18.4 Å². The molecular weight excluding hydrogens is 394 g/mol. The maximum absolute atomic E-state index is 13.1. The molecule has 2 aromatic heterocycles. The molecule has 144 valence electrons. The number of carbonyl (C=O) groups is 2. The van der Waals surface area contributed by atoms with Gasteiger partial charge in [0.25, 0.3) is 5.91 Å². The molecule has 0 aliphatic carbocycles. The highest BCUT2D eigenvalue weighted by Gasteiger charge is 2.31. The zero-order valence-electron chi connectivity index (χ0n) is 15.4. The number of likely N-dealkylation sites (tertiary alicyclic amines) is 1. The normalized spacial score (nSPS) is 16.9. The van der Waals surface area contributed by atoms with Gasteiger partial charge in [-0.05, 0) is 38.0 Å². The number of fused-ring (bicyclic) bond motifs is 1. The van der Waals surface area contributed by atoms with E-state index in [1.165, 1.54) is 11.3 Å². The first-order valence-electron chi connectivity index (χ1n) is 9.24. The largest absolute Gasteiger partial charge is 0.337 e. The third-order valence-electron chi connectivity index (χ3n) is 4.95. The Labute approximate surface area is 172 Å². The van der Waals surface area contributed by atoms with Gasteiger partial charge < -0.3 is 10.2 Å². The van der Waals surface area contributed by atoms with Crippen molar-refractivity contribution in [2.45, 2.75) is 19.8 Å². The summed E-state index contributed by atoms with van der Waals surface area (Å²) in [7, 11) is 0. The number of hydrogen-bond donors (Lipinski definition) is 1. The Morgan fingerprint density at radius 3 is 2.82 bits per heavy atom. The second-order valence-electron chi connectivity index (χ2n) is 6.99. The third kappa shape index (κ3) is 3.75. The summed E-state index contributed by atoms with van der Waals surface area (Å²) < 4.78 is 0.993. The summed E-state index contributed by atoms with van der Waals surface area (Å²) in [5.41, 5.74) is 0.845. The van der Waals surface area contributed by atoms with E-state index in [0.29, 0.717) is 28.8 Å². The summed E-state index contributed by atoms with van der Waals surface area (Å²) in [4.78, 5) is 32.4. The quantitative estimate of drug-likeness (QED) is 0.674. The zero-order chi connectivity index (χ0) is 19.7. The van der Waals surface area contributed by atoms with Crippen LogP contribution in [0.3, 0.4) is 0 Å². The Bertz CT molecular complexity index is 1050. The number of hydrogen-bond acceptors (Lipinski definition) is 4. The minimum Gasteiger partial charge on any atom is -0.337 e. The molecule has 0 bridgehead atoms. The number of halogens is 1. The topological polar surface area (TPSA) is 62.3 Å². The number of nitrogens with zero attached hydrogens (tertiary/aromatic N) is 2. The molecule has 0 spiro atoms. The predicted molar refractivity (Wildman–Crippen MR) is 113 cm³/mol. The van der Waals surface area contributed by atoms with Gasteiger partial charge in [0.15, 0.2) is 0 Å². The summed E-state index contributed by atoms with van der Waals surface area (Å²) in [5.74, 6) is 0.0876. The van der Waals surface area contributed by atoms with Crippen molar-refractivity contribution in [2.24, 2.45) is 5.92 Å². The molecule has 1 aliphatic rings. The van der Waals surface area contributed by atoms with E-state index in [9.17, 15) is 9.59 Å². The average Bonchev–Trinajstić information content (AvgIpc) is 3.04. The van der Waals surface area contributed by atoms with Gasteiger partial charge in [-0.25, -0.2) is 4.98 Å². The van der Waals surface area contributed by atoms with Gasteiger partial charge in [0, 0.05) is 28.9 Å². The van der Waals surface area contributed by atoms with E-state index >= 15 is 0 Å². The minimum atomic E-state index is -0.256. The highest BCUT2D eigenvalue weighted by atomic mass is 35.5. The molecule has 1 unspecified atom stereocenters. The summed E-state index contributed by atoms with van der Waals surface area (Å²) in [6.07, 6.45) is 1.54. The Balaban J connectivity index is 1.49. The molecule has 0 saturated carbocycles. The first-order chi connectivity index (χ1) is 13.5. The van der Waals surface area contributed by atoms with E-state index in [0.717, 1.165) is 28.6 Å². The Kier molecular flexibility index (Phi) is 5.33. The molecule has 28 heavy (non-hydrogen) atoms. The first-order valence-corrected chi connectivity index (χ1v) is 10.4. The molecule has 3 aromatic rings. The number of thiophene rings is 1. The molecule has 1 saturated heterocycles. The van der Waals surface area contributed by atoms with Crippen LogP contribution in [-0.4, -0.2) is 34.8 Å². The standard InChI is InChI=1S/C21H20ClN3O2S/c1-13-6-4-10-17(23-13)24-20(26)14-7-5-11-25(12-14)21(27)19-18(22)15-8-2-3-9-16(15)28-19/h2-4,6,8-10,14H,5,7,11-12H2,1H3,(H,23,24,26). The van der Waals surface area contributed by atoms with Crippen LogP contribution in [0.2, 0.25) is 5.02 Å². The van der Waals surface area contributed by atoms with Gasteiger partial charge in [0.05, 0.1) is 10.9 Å². The molecular formula is C21H20ClN3O2S. The Morgan fingerprint density at radius 1 is 1.21 bits per heavy atom. The van der Waals surface area contributed by atoms with Crippen LogP contribution in [0.5, 0.6) is 0 Å². The van der Waals surface area contributed by atoms with E-state index in [1.54, 1.807) is 11.0 Å². The maximum atomic E-state index is 13.1. The van der Waals surface area contributed by atoms with Gasteiger partial charge in [0.2, 0.25) is 5.91 Å². The fourth-order valence-electron chi connectivity index (χ4n) is 3.51. The molecule has 1 N–H and O–H groups in total. The number of piperidine rings is 1. The van der Waals surface area contributed by atoms with Crippen molar-refractivity contribution in [3.05, 3.63) is 58.1 Å². The highest BCUT2D eigenvalue weighted by molar-refractivity contribution is 7.21. The van der Waals surface area contributed by atoms with Crippen LogP contribution in [-0.2, 0) is 4.79 Å². The number of amides is 2. The molecule has 0 radical (unpaired) electrons. The average molecular weight is 414 g/mol. The number of pyridine rings is 1. The van der Waals surface area contributed by atoms with Crippen molar-refractivity contribution in [1.82, 2.24) is 9.88 Å². The first kappa shape index (κ1) is 18.9. The van der Waals surface area contributed by atoms with E-state index in [1.807, 2.05) is 43.3 Å². The van der Waals surface area contributed by atoms with Crippen molar-refractivity contribution in [1.29, 1.82) is 0 Å². The summed E-state index contributed by atoms with van der Waals surface area (Å²) in [6, 6.07) is 13.2.